The predicted octanol–water partition coefficient (Wildman–Crippen LogP) is 1.85. The van der Waals surface area contributed by atoms with E-state index in [1.165, 1.54) is 0 Å². The van der Waals surface area contributed by atoms with Gasteiger partial charge in [0.15, 0.2) is 0 Å². The second-order valence-electron chi connectivity index (χ2n) is 4.19. The first-order valence-electron chi connectivity index (χ1n) is 5.91. The summed E-state index contributed by atoms with van der Waals surface area (Å²) in [5.74, 6) is 0.514. The molecule has 1 atom stereocenters. The predicted molar refractivity (Wildman–Crippen MR) is 67.9 cm³/mol. The number of hydrogen-bond donors (Lipinski definition) is 2. The molecule has 0 radical (unpaired) electrons. The minimum Gasteiger partial charge on any atom is -0.480 e. The average Bonchev–Trinajstić information content (AvgIpc) is 2.28. The SMILES string of the molecule is CCOc1cc(NC(C)(CC)C(=O)O)nc(C)n1. The Labute approximate surface area is 106 Å². The molecule has 0 aromatic carbocycles. The lowest BCUT2D eigenvalue weighted by atomic mass is 9.99. The number of carboxylic acids is 1. The van der Waals surface area contributed by atoms with Crippen LogP contribution in [0.4, 0.5) is 5.82 Å². The zero-order valence-corrected chi connectivity index (χ0v) is 11.1. The molecule has 0 spiro atoms. The van der Waals surface area contributed by atoms with E-state index in [0.717, 1.165) is 0 Å². The van der Waals surface area contributed by atoms with Gasteiger partial charge in [-0.05, 0) is 27.2 Å². The summed E-state index contributed by atoms with van der Waals surface area (Å²) in [6, 6.07) is 1.60. The van der Waals surface area contributed by atoms with E-state index < -0.39 is 11.5 Å². The van der Waals surface area contributed by atoms with Crippen LogP contribution in [0.3, 0.4) is 0 Å². The molecule has 1 aromatic rings. The summed E-state index contributed by atoms with van der Waals surface area (Å²) in [5, 5.41) is 12.1. The fourth-order valence-electron chi connectivity index (χ4n) is 1.40. The molecule has 0 saturated carbocycles. The first-order chi connectivity index (χ1) is 8.41. The summed E-state index contributed by atoms with van der Waals surface area (Å²) in [7, 11) is 0. The van der Waals surface area contributed by atoms with Crippen LogP contribution >= 0.6 is 0 Å². The summed E-state index contributed by atoms with van der Waals surface area (Å²) in [5.41, 5.74) is -1.05. The average molecular weight is 253 g/mol. The largest absolute Gasteiger partial charge is 0.480 e. The zero-order valence-electron chi connectivity index (χ0n) is 11.1. The fourth-order valence-corrected chi connectivity index (χ4v) is 1.40. The Kier molecular flexibility index (Phi) is 4.47. The summed E-state index contributed by atoms with van der Waals surface area (Å²) >= 11 is 0. The number of rotatable bonds is 6. The molecule has 6 nitrogen and oxygen atoms in total. The van der Waals surface area contributed by atoms with E-state index in [-0.39, 0.29) is 0 Å². The first kappa shape index (κ1) is 14.2. The van der Waals surface area contributed by atoms with E-state index >= 15 is 0 Å². The van der Waals surface area contributed by atoms with Gasteiger partial charge < -0.3 is 15.2 Å². The molecule has 0 saturated heterocycles. The molecule has 2 N–H and O–H groups in total. The quantitative estimate of drug-likeness (QED) is 0.804. The number of ether oxygens (including phenoxy) is 1. The van der Waals surface area contributed by atoms with Gasteiger partial charge in [-0.15, -0.1) is 0 Å². The second kappa shape index (κ2) is 5.66. The second-order valence-corrected chi connectivity index (χ2v) is 4.19. The smallest absolute Gasteiger partial charge is 0.329 e. The third-order valence-corrected chi connectivity index (χ3v) is 2.69. The van der Waals surface area contributed by atoms with Crippen LogP contribution in [0.15, 0.2) is 6.07 Å². The van der Waals surface area contributed by atoms with Crippen molar-refractivity contribution >= 4 is 11.8 Å². The highest BCUT2D eigenvalue weighted by Crippen LogP contribution is 2.20. The van der Waals surface area contributed by atoms with Crippen molar-refractivity contribution in [2.75, 3.05) is 11.9 Å². The summed E-state index contributed by atoms with van der Waals surface area (Å²) < 4.78 is 5.30. The number of aryl methyl sites for hydroxylation is 1. The highest BCUT2D eigenvalue weighted by molar-refractivity contribution is 5.81. The van der Waals surface area contributed by atoms with Crippen LogP contribution in [0, 0.1) is 6.92 Å². The Balaban J connectivity index is 2.99. The van der Waals surface area contributed by atoms with E-state index in [9.17, 15) is 9.90 Å². The van der Waals surface area contributed by atoms with Crippen molar-refractivity contribution in [1.82, 2.24) is 9.97 Å². The molecule has 6 heteroatoms. The maximum atomic E-state index is 11.2. The van der Waals surface area contributed by atoms with Gasteiger partial charge in [0.05, 0.1) is 6.61 Å². The Bertz CT molecular complexity index is 437. The van der Waals surface area contributed by atoms with E-state index in [2.05, 4.69) is 15.3 Å². The molecule has 0 aliphatic rings. The Morgan fingerprint density at radius 1 is 1.50 bits per heavy atom. The van der Waals surface area contributed by atoms with Gasteiger partial charge in [0, 0.05) is 6.07 Å². The molecule has 0 aliphatic carbocycles. The van der Waals surface area contributed by atoms with E-state index in [1.54, 1.807) is 26.8 Å². The standard InChI is InChI=1S/C12H19N3O3/c1-5-12(4,11(16)17)15-9-7-10(18-6-2)14-8(3)13-9/h7H,5-6H2,1-4H3,(H,16,17)(H,13,14,15). The van der Waals surface area contributed by atoms with Crippen LogP contribution < -0.4 is 10.1 Å². The molecular formula is C12H19N3O3. The van der Waals surface area contributed by atoms with Crippen molar-refractivity contribution in [3.63, 3.8) is 0 Å². The number of aliphatic carboxylic acids is 1. The molecule has 18 heavy (non-hydrogen) atoms. The number of nitrogens with zero attached hydrogens (tertiary/aromatic N) is 2. The van der Waals surface area contributed by atoms with Gasteiger partial charge in [0.2, 0.25) is 5.88 Å². The van der Waals surface area contributed by atoms with Gasteiger partial charge in [-0.25, -0.2) is 9.78 Å². The number of carboxylic acid groups (broad SMARTS) is 1. The fraction of sp³-hybridized carbons (Fsp3) is 0.583. The molecule has 1 unspecified atom stereocenters. The van der Waals surface area contributed by atoms with Crippen molar-refractivity contribution < 1.29 is 14.6 Å². The van der Waals surface area contributed by atoms with Crippen molar-refractivity contribution in [1.29, 1.82) is 0 Å². The van der Waals surface area contributed by atoms with Crippen LogP contribution in [-0.4, -0.2) is 33.2 Å². The van der Waals surface area contributed by atoms with Gasteiger partial charge in [-0.3, -0.25) is 0 Å². The lowest BCUT2D eigenvalue weighted by Gasteiger charge is -2.25. The van der Waals surface area contributed by atoms with Gasteiger partial charge in [-0.2, -0.15) is 4.98 Å². The van der Waals surface area contributed by atoms with Gasteiger partial charge in [0.1, 0.15) is 17.2 Å². The minimum atomic E-state index is -1.05. The third-order valence-electron chi connectivity index (χ3n) is 2.69. The minimum absolute atomic E-state index is 0.440. The molecule has 100 valence electrons. The Hall–Kier alpha value is -1.85. The van der Waals surface area contributed by atoms with E-state index in [0.29, 0.717) is 30.5 Å². The van der Waals surface area contributed by atoms with Crippen LogP contribution in [0.1, 0.15) is 33.0 Å². The first-order valence-corrected chi connectivity index (χ1v) is 5.91. The van der Waals surface area contributed by atoms with Crippen LogP contribution in [0.2, 0.25) is 0 Å². The number of carbonyl (C=O) groups is 1. The summed E-state index contributed by atoms with van der Waals surface area (Å²) in [6.07, 6.45) is 0.440. The van der Waals surface area contributed by atoms with Crippen LogP contribution in [0.5, 0.6) is 5.88 Å². The van der Waals surface area contributed by atoms with Crippen molar-refractivity contribution in [3.8, 4) is 5.88 Å². The molecule has 0 bridgehead atoms. The molecule has 0 fully saturated rings. The molecular weight excluding hydrogens is 234 g/mol. The summed E-state index contributed by atoms with van der Waals surface area (Å²) in [6.45, 7) is 7.52. The normalized spacial score (nSPS) is 13.8. The molecule has 1 aromatic heterocycles. The molecule has 1 rings (SSSR count). The molecule has 0 amide bonds. The van der Waals surface area contributed by atoms with Crippen LogP contribution in [0.25, 0.3) is 0 Å². The maximum Gasteiger partial charge on any atom is 0.329 e. The van der Waals surface area contributed by atoms with Crippen molar-refractivity contribution in [3.05, 3.63) is 11.9 Å². The summed E-state index contributed by atoms with van der Waals surface area (Å²) in [4.78, 5) is 19.5. The van der Waals surface area contributed by atoms with Crippen molar-refractivity contribution in [2.45, 2.75) is 39.7 Å². The highest BCUT2D eigenvalue weighted by atomic mass is 16.5. The van der Waals surface area contributed by atoms with Gasteiger partial charge >= 0.3 is 5.97 Å². The van der Waals surface area contributed by atoms with E-state index in [4.69, 9.17) is 4.74 Å². The number of hydrogen-bond acceptors (Lipinski definition) is 5. The Morgan fingerprint density at radius 2 is 2.17 bits per heavy atom. The number of nitrogens with one attached hydrogen (secondary N) is 1. The lowest BCUT2D eigenvalue weighted by molar-refractivity contribution is -0.141. The molecule has 0 aliphatic heterocycles. The third kappa shape index (κ3) is 3.32. The maximum absolute atomic E-state index is 11.2. The van der Waals surface area contributed by atoms with Crippen LogP contribution in [-0.2, 0) is 4.79 Å². The Morgan fingerprint density at radius 3 is 2.67 bits per heavy atom. The number of aromatic nitrogens is 2. The van der Waals surface area contributed by atoms with Crippen molar-refractivity contribution in [2.24, 2.45) is 0 Å². The van der Waals surface area contributed by atoms with E-state index in [1.807, 2.05) is 6.92 Å². The topological polar surface area (TPSA) is 84.3 Å². The van der Waals surface area contributed by atoms with Gasteiger partial charge in [-0.1, -0.05) is 6.92 Å². The van der Waals surface area contributed by atoms with Gasteiger partial charge in [0.25, 0.3) is 0 Å². The monoisotopic (exact) mass is 253 g/mol. The number of anilines is 1. The molecule has 1 heterocycles. The lowest BCUT2D eigenvalue weighted by Crippen LogP contribution is -2.43. The zero-order chi connectivity index (χ0) is 13.8. The highest BCUT2D eigenvalue weighted by Gasteiger charge is 2.31.